The Kier molecular flexibility index (Phi) is 9.33. The topological polar surface area (TPSA) is 118 Å². The molecule has 0 aliphatic heterocycles. The van der Waals surface area contributed by atoms with E-state index < -0.39 is 22.7 Å². The average Bonchev–Trinajstić information content (AvgIpc) is 3.31. The number of aromatic nitrogens is 4. The molecule has 0 saturated heterocycles. The summed E-state index contributed by atoms with van der Waals surface area (Å²) in [5.41, 5.74) is -0.923. The highest BCUT2D eigenvalue weighted by Crippen LogP contribution is 2.35. The number of halogens is 5. The Balaban J connectivity index is 1.63. The van der Waals surface area contributed by atoms with Gasteiger partial charge in [0.15, 0.2) is 5.78 Å². The van der Waals surface area contributed by atoms with Gasteiger partial charge in [0, 0.05) is 32.1 Å². The zero-order valence-electron chi connectivity index (χ0n) is 18.2. The summed E-state index contributed by atoms with van der Waals surface area (Å²) in [7, 11) is 0. The Morgan fingerprint density at radius 1 is 1.14 bits per heavy atom. The number of aliphatic hydroxyl groups excluding tert-OH is 1. The fourth-order valence-corrected chi connectivity index (χ4v) is 4.01. The average molecular weight is 558 g/mol. The Hall–Kier alpha value is -3.11. The van der Waals surface area contributed by atoms with Crippen LogP contribution in [0.25, 0.3) is 0 Å². The minimum Gasteiger partial charge on any atom is -0.396 e. The van der Waals surface area contributed by atoms with Crippen LogP contribution >= 0.6 is 34.5 Å². The smallest absolute Gasteiger partial charge is 0.396 e. The van der Waals surface area contributed by atoms with Gasteiger partial charge in [0.25, 0.3) is 5.91 Å². The fraction of sp³-hybridized carbons (Fsp3) is 0.273. The summed E-state index contributed by atoms with van der Waals surface area (Å²) < 4.78 is 39.0. The minimum absolute atomic E-state index is 0.00179. The maximum absolute atomic E-state index is 13.0. The van der Waals surface area contributed by atoms with Crippen LogP contribution in [-0.4, -0.2) is 43.3 Å². The summed E-state index contributed by atoms with van der Waals surface area (Å²) in [5.74, 6) is 4.13. The van der Waals surface area contributed by atoms with Crippen LogP contribution < -0.4 is 5.32 Å². The van der Waals surface area contributed by atoms with Crippen molar-refractivity contribution in [2.24, 2.45) is 0 Å². The molecular formula is C22H16Cl2F3N5O3S. The van der Waals surface area contributed by atoms with Gasteiger partial charge < -0.3 is 10.4 Å². The molecule has 3 rings (SSSR count). The van der Waals surface area contributed by atoms with E-state index in [0.29, 0.717) is 23.9 Å². The number of aliphatic hydroxyl groups is 1. The van der Waals surface area contributed by atoms with Crippen LogP contribution in [0, 0.1) is 11.8 Å². The molecule has 36 heavy (non-hydrogen) atoms. The highest BCUT2D eigenvalue weighted by Gasteiger charge is 2.34. The van der Waals surface area contributed by atoms with Gasteiger partial charge in [0.1, 0.15) is 33.4 Å². The van der Waals surface area contributed by atoms with E-state index in [2.05, 4.69) is 37.1 Å². The van der Waals surface area contributed by atoms with Crippen molar-refractivity contribution in [3.8, 4) is 11.8 Å². The fourth-order valence-electron chi connectivity index (χ4n) is 2.74. The summed E-state index contributed by atoms with van der Waals surface area (Å²) in [6, 6.07) is 0.636. The molecule has 0 saturated carbocycles. The number of hydrogen-bond donors (Lipinski definition) is 2. The predicted octanol–water partition coefficient (Wildman–Crippen LogP) is 4.85. The van der Waals surface area contributed by atoms with Gasteiger partial charge in [0.05, 0.1) is 21.8 Å². The number of rotatable bonds is 8. The standard InChI is InChI=1S/C22H16Cl2F3N5O3S/c23-13-9-28-17(8-12(13)22(25,26)27)32-21(35)16-10-29-18(36-16)6-5-15(34)20-19(24)14(30-11-31-20)4-2-1-3-7-33/h8-11,33H,1,3,5-7H2,(H,28,32,35). The molecule has 14 heteroatoms. The van der Waals surface area contributed by atoms with Crippen molar-refractivity contribution < 1.29 is 27.9 Å². The van der Waals surface area contributed by atoms with Crippen LogP contribution in [0.3, 0.4) is 0 Å². The van der Waals surface area contributed by atoms with Crippen molar-refractivity contribution in [2.45, 2.75) is 31.9 Å². The van der Waals surface area contributed by atoms with Gasteiger partial charge in [-0.25, -0.2) is 19.9 Å². The summed E-state index contributed by atoms with van der Waals surface area (Å²) >= 11 is 12.7. The van der Waals surface area contributed by atoms with Crippen molar-refractivity contribution >= 4 is 52.0 Å². The Bertz CT molecular complexity index is 1340. The maximum atomic E-state index is 13.0. The molecule has 3 aromatic heterocycles. The number of anilines is 1. The lowest BCUT2D eigenvalue weighted by Gasteiger charge is -2.10. The first kappa shape index (κ1) is 27.5. The second-order valence-electron chi connectivity index (χ2n) is 7.06. The number of hydrogen-bond acceptors (Lipinski definition) is 8. The SMILES string of the molecule is O=C(Nc1cc(C(F)(F)F)c(Cl)cn1)c1cnc(CCC(=O)c2ncnc(C#CCCCO)c2Cl)s1. The van der Waals surface area contributed by atoms with Crippen molar-refractivity contribution in [3.63, 3.8) is 0 Å². The number of aryl methyl sites for hydroxylation is 1. The second kappa shape index (κ2) is 12.2. The largest absolute Gasteiger partial charge is 0.418 e. The number of nitrogens with one attached hydrogen (secondary N) is 1. The number of carbonyl (C=O) groups excluding carboxylic acids is 2. The second-order valence-corrected chi connectivity index (χ2v) is 8.96. The summed E-state index contributed by atoms with van der Waals surface area (Å²) in [6.45, 7) is 0.00700. The highest BCUT2D eigenvalue weighted by atomic mass is 35.5. The molecule has 0 radical (unpaired) electrons. The highest BCUT2D eigenvalue weighted by molar-refractivity contribution is 7.13. The Labute approximate surface area is 216 Å². The molecule has 188 valence electrons. The van der Waals surface area contributed by atoms with Crippen LogP contribution in [0.2, 0.25) is 10.0 Å². The van der Waals surface area contributed by atoms with Crippen LogP contribution in [0.15, 0.2) is 24.8 Å². The number of unbranched alkanes of at least 4 members (excludes halogenated alkanes) is 1. The number of pyridine rings is 1. The van der Waals surface area contributed by atoms with Gasteiger partial charge in [0.2, 0.25) is 0 Å². The number of thiazole rings is 1. The number of alkyl halides is 3. The van der Waals surface area contributed by atoms with E-state index in [1.54, 1.807) is 0 Å². The van der Waals surface area contributed by atoms with E-state index in [9.17, 15) is 22.8 Å². The molecule has 3 heterocycles. The zero-order valence-corrected chi connectivity index (χ0v) is 20.5. The molecule has 1 amide bonds. The van der Waals surface area contributed by atoms with E-state index in [1.807, 2.05) is 0 Å². The molecule has 0 spiro atoms. The summed E-state index contributed by atoms with van der Waals surface area (Å²) in [4.78, 5) is 40.8. The van der Waals surface area contributed by atoms with Crippen LogP contribution in [0.4, 0.5) is 19.0 Å². The van der Waals surface area contributed by atoms with E-state index >= 15 is 0 Å². The first-order chi connectivity index (χ1) is 17.1. The van der Waals surface area contributed by atoms with Gasteiger partial charge in [-0.05, 0) is 18.4 Å². The van der Waals surface area contributed by atoms with Crippen molar-refractivity contribution in [3.05, 3.63) is 61.7 Å². The van der Waals surface area contributed by atoms with E-state index in [4.69, 9.17) is 28.3 Å². The molecule has 0 aromatic carbocycles. The van der Waals surface area contributed by atoms with E-state index in [-0.39, 0.29) is 52.3 Å². The predicted molar refractivity (Wildman–Crippen MR) is 127 cm³/mol. The molecule has 8 nitrogen and oxygen atoms in total. The van der Waals surface area contributed by atoms with E-state index in [1.165, 1.54) is 12.5 Å². The van der Waals surface area contributed by atoms with Crippen molar-refractivity contribution in [2.75, 3.05) is 11.9 Å². The number of Topliss-reactive ketones (excluding diaryl/α,β-unsaturated/α-hetero) is 1. The maximum Gasteiger partial charge on any atom is 0.418 e. The van der Waals surface area contributed by atoms with Crippen LogP contribution in [0.1, 0.15) is 55.7 Å². The normalized spacial score (nSPS) is 11.1. The zero-order chi connectivity index (χ0) is 26.3. The molecule has 2 N–H and O–H groups in total. The van der Waals surface area contributed by atoms with Gasteiger partial charge >= 0.3 is 6.18 Å². The molecule has 3 aromatic rings. The molecular weight excluding hydrogens is 542 g/mol. The number of carbonyl (C=O) groups is 2. The molecule has 0 atom stereocenters. The third kappa shape index (κ3) is 7.20. The van der Waals surface area contributed by atoms with Crippen LogP contribution in [-0.2, 0) is 12.6 Å². The molecule has 0 fully saturated rings. The third-order valence-electron chi connectivity index (χ3n) is 4.47. The Morgan fingerprint density at radius 3 is 2.64 bits per heavy atom. The number of ketones is 1. The Morgan fingerprint density at radius 2 is 1.92 bits per heavy atom. The lowest BCUT2D eigenvalue weighted by atomic mass is 10.1. The van der Waals surface area contributed by atoms with Crippen molar-refractivity contribution in [1.82, 2.24) is 19.9 Å². The summed E-state index contributed by atoms with van der Waals surface area (Å²) in [5, 5.41) is 10.9. The summed E-state index contributed by atoms with van der Waals surface area (Å²) in [6.07, 6.45) is -0.383. The van der Waals surface area contributed by atoms with Gasteiger partial charge in [-0.1, -0.05) is 29.1 Å². The quantitative estimate of drug-likeness (QED) is 0.231. The first-order valence-electron chi connectivity index (χ1n) is 10.2. The van der Waals surface area contributed by atoms with Crippen molar-refractivity contribution in [1.29, 1.82) is 0 Å². The first-order valence-corrected chi connectivity index (χ1v) is 11.8. The third-order valence-corrected chi connectivity index (χ3v) is 6.18. The lowest BCUT2D eigenvalue weighted by Crippen LogP contribution is -2.13. The van der Waals surface area contributed by atoms with Gasteiger partial charge in [-0.15, -0.1) is 11.3 Å². The molecule has 0 bridgehead atoms. The molecule has 0 unspecified atom stereocenters. The van der Waals surface area contributed by atoms with Crippen LogP contribution in [0.5, 0.6) is 0 Å². The van der Waals surface area contributed by atoms with Gasteiger partial charge in [-0.3, -0.25) is 9.59 Å². The molecule has 0 aliphatic rings. The monoisotopic (exact) mass is 557 g/mol. The number of nitrogens with zero attached hydrogens (tertiary/aromatic N) is 4. The molecule has 0 aliphatic carbocycles. The minimum atomic E-state index is -4.70. The lowest BCUT2D eigenvalue weighted by molar-refractivity contribution is -0.137. The number of amides is 1. The van der Waals surface area contributed by atoms with Gasteiger partial charge in [-0.2, -0.15) is 13.2 Å². The van der Waals surface area contributed by atoms with E-state index in [0.717, 1.165) is 17.5 Å².